The van der Waals surface area contributed by atoms with Gasteiger partial charge in [0.05, 0.1) is 11.9 Å². The fourth-order valence-corrected chi connectivity index (χ4v) is 4.04. The molecule has 0 radical (unpaired) electrons. The number of nitrogens with one attached hydrogen (secondary N) is 1. The molecule has 1 aromatic carbocycles. The number of hydrogen-bond donors (Lipinski definition) is 1. The molecule has 0 unspecified atom stereocenters. The van der Waals surface area contributed by atoms with Crippen molar-refractivity contribution >= 4 is 11.6 Å². The van der Waals surface area contributed by atoms with Gasteiger partial charge >= 0.3 is 0 Å². The topological polar surface area (TPSA) is 81.8 Å². The van der Waals surface area contributed by atoms with Gasteiger partial charge in [-0.15, -0.1) is 0 Å². The third-order valence-electron chi connectivity index (χ3n) is 5.84. The van der Waals surface area contributed by atoms with Crippen molar-refractivity contribution in [1.82, 2.24) is 20.0 Å². The molecule has 2 aliphatic rings. The van der Waals surface area contributed by atoms with Gasteiger partial charge in [-0.1, -0.05) is 12.1 Å². The Kier molecular flexibility index (Phi) is 5.53. The second-order valence-electron chi connectivity index (χ2n) is 7.66. The Morgan fingerprint density at radius 3 is 2.76 bits per heavy atom. The van der Waals surface area contributed by atoms with E-state index in [1.54, 1.807) is 13.1 Å². The lowest BCUT2D eigenvalue weighted by atomic mass is 10.1. The van der Waals surface area contributed by atoms with Gasteiger partial charge in [0.2, 0.25) is 5.91 Å². The Morgan fingerprint density at radius 2 is 2.00 bits per heavy atom. The molecule has 8 nitrogen and oxygen atoms in total. The third-order valence-corrected chi connectivity index (χ3v) is 5.84. The van der Waals surface area contributed by atoms with Gasteiger partial charge in [-0.2, -0.15) is 5.10 Å². The van der Waals surface area contributed by atoms with E-state index in [0.717, 1.165) is 50.7 Å². The smallest absolute Gasteiger partial charge is 0.269 e. The molecule has 3 heterocycles. The second-order valence-corrected chi connectivity index (χ2v) is 7.66. The Morgan fingerprint density at radius 1 is 1.21 bits per heavy atom. The van der Waals surface area contributed by atoms with Crippen molar-refractivity contribution in [3.05, 3.63) is 51.4 Å². The minimum absolute atomic E-state index is 0.149. The molecule has 0 saturated carbocycles. The van der Waals surface area contributed by atoms with Crippen molar-refractivity contribution < 1.29 is 9.53 Å². The van der Waals surface area contributed by atoms with E-state index < -0.39 is 0 Å². The molecule has 2 aliphatic heterocycles. The number of rotatable bonds is 5. The quantitative estimate of drug-likeness (QED) is 0.815. The minimum atomic E-state index is -0.153. The predicted octanol–water partition coefficient (Wildman–Crippen LogP) is 1.14. The van der Waals surface area contributed by atoms with Gasteiger partial charge in [0.15, 0.2) is 0 Å². The van der Waals surface area contributed by atoms with Crippen molar-refractivity contribution in [2.45, 2.75) is 26.9 Å². The number of piperazine rings is 1. The van der Waals surface area contributed by atoms with Crippen LogP contribution in [0.25, 0.3) is 0 Å². The molecule has 8 heteroatoms. The molecule has 1 amide bonds. The first-order valence-electron chi connectivity index (χ1n) is 10.0. The third kappa shape index (κ3) is 4.12. The van der Waals surface area contributed by atoms with Crippen LogP contribution in [0.5, 0.6) is 5.75 Å². The van der Waals surface area contributed by atoms with Crippen molar-refractivity contribution in [2.24, 2.45) is 0 Å². The number of aromatic nitrogens is 2. The van der Waals surface area contributed by atoms with Crippen molar-refractivity contribution in [2.75, 3.05) is 44.2 Å². The van der Waals surface area contributed by atoms with Crippen LogP contribution in [0.1, 0.15) is 23.6 Å². The van der Waals surface area contributed by atoms with Crippen molar-refractivity contribution in [3.8, 4) is 5.75 Å². The molecular formula is C21H27N5O3. The van der Waals surface area contributed by atoms with Gasteiger partial charge in [-0.3, -0.25) is 14.5 Å². The lowest BCUT2D eigenvalue weighted by molar-refractivity contribution is -0.130. The molecule has 0 bridgehead atoms. The lowest BCUT2D eigenvalue weighted by Crippen LogP contribution is -2.48. The van der Waals surface area contributed by atoms with E-state index in [4.69, 9.17) is 4.74 Å². The van der Waals surface area contributed by atoms with Gasteiger partial charge < -0.3 is 14.5 Å². The van der Waals surface area contributed by atoms with E-state index in [1.165, 1.54) is 11.1 Å². The number of hydrogen-bond acceptors (Lipinski definition) is 6. The van der Waals surface area contributed by atoms with Gasteiger partial charge in [0.25, 0.3) is 5.56 Å². The molecule has 1 N–H and O–H groups in total. The maximum absolute atomic E-state index is 11.9. The maximum Gasteiger partial charge on any atom is 0.269 e. The number of aromatic amines is 1. The summed E-state index contributed by atoms with van der Waals surface area (Å²) in [5.74, 6) is 1.05. The van der Waals surface area contributed by atoms with Crippen molar-refractivity contribution in [3.63, 3.8) is 0 Å². The molecule has 4 rings (SSSR count). The van der Waals surface area contributed by atoms with Crippen LogP contribution in [0.3, 0.4) is 0 Å². The molecule has 1 fully saturated rings. The highest BCUT2D eigenvalue weighted by atomic mass is 16.5. The number of ether oxygens (including phenoxy) is 1. The lowest BCUT2D eigenvalue weighted by Gasteiger charge is -2.34. The molecule has 2 aromatic rings. The zero-order valence-corrected chi connectivity index (χ0v) is 17.0. The predicted molar refractivity (Wildman–Crippen MR) is 110 cm³/mol. The Bertz CT molecular complexity index is 950. The number of H-pyrrole nitrogens is 1. The van der Waals surface area contributed by atoms with Gasteiger partial charge in [-0.05, 0) is 18.6 Å². The summed E-state index contributed by atoms with van der Waals surface area (Å²) in [5.41, 5.74) is 3.78. The summed E-state index contributed by atoms with van der Waals surface area (Å²) < 4.78 is 6.13. The number of anilines is 1. The molecule has 29 heavy (non-hydrogen) atoms. The van der Waals surface area contributed by atoms with E-state index >= 15 is 0 Å². The van der Waals surface area contributed by atoms with Crippen LogP contribution in [0.4, 0.5) is 5.69 Å². The first-order valence-corrected chi connectivity index (χ1v) is 10.0. The van der Waals surface area contributed by atoms with Crippen LogP contribution >= 0.6 is 0 Å². The summed E-state index contributed by atoms with van der Waals surface area (Å²) in [6.07, 6.45) is 1.71. The van der Waals surface area contributed by atoms with E-state index in [1.807, 2.05) is 24.0 Å². The normalized spacial score (nSPS) is 16.8. The average molecular weight is 397 g/mol. The fraction of sp³-hybridized carbons (Fsp3) is 0.476. The van der Waals surface area contributed by atoms with E-state index in [0.29, 0.717) is 18.7 Å². The van der Waals surface area contributed by atoms with E-state index in [2.05, 4.69) is 26.1 Å². The molecule has 0 aliphatic carbocycles. The molecular weight excluding hydrogens is 370 g/mol. The zero-order valence-electron chi connectivity index (χ0n) is 17.0. The zero-order chi connectivity index (χ0) is 20.4. The Hall–Kier alpha value is -2.87. The number of nitrogens with zero attached hydrogens (tertiary/aromatic N) is 4. The molecule has 154 valence electrons. The summed E-state index contributed by atoms with van der Waals surface area (Å²) in [6, 6.07) is 6.14. The number of benzene rings is 1. The van der Waals surface area contributed by atoms with Crippen LogP contribution in [0.15, 0.2) is 29.2 Å². The number of amides is 1. The van der Waals surface area contributed by atoms with Crippen molar-refractivity contribution in [1.29, 1.82) is 0 Å². The first kappa shape index (κ1) is 19.4. The highest BCUT2D eigenvalue weighted by molar-refractivity contribution is 5.73. The van der Waals surface area contributed by atoms with Crippen LogP contribution in [-0.2, 0) is 17.9 Å². The first-order chi connectivity index (χ1) is 14.0. The maximum atomic E-state index is 11.9. The summed E-state index contributed by atoms with van der Waals surface area (Å²) in [6.45, 7) is 9.70. The largest absolute Gasteiger partial charge is 0.492 e. The van der Waals surface area contributed by atoms with Gasteiger partial charge in [0.1, 0.15) is 12.4 Å². The highest BCUT2D eigenvalue weighted by Gasteiger charge is 2.25. The Labute approximate surface area is 170 Å². The van der Waals surface area contributed by atoms with Crippen LogP contribution in [-0.4, -0.2) is 65.2 Å². The summed E-state index contributed by atoms with van der Waals surface area (Å²) in [5, 5.41) is 6.43. The Balaban J connectivity index is 1.36. The second kappa shape index (κ2) is 8.24. The van der Waals surface area contributed by atoms with Crippen LogP contribution in [0, 0.1) is 6.92 Å². The summed E-state index contributed by atoms with van der Waals surface area (Å²) >= 11 is 0. The fourth-order valence-electron chi connectivity index (χ4n) is 4.04. The van der Waals surface area contributed by atoms with E-state index in [9.17, 15) is 9.59 Å². The van der Waals surface area contributed by atoms with Gasteiger partial charge in [-0.25, -0.2) is 5.10 Å². The van der Waals surface area contributed by atoms with E-state index in [-0.39, 0.29) is 11.5 Å². The highest BCUT2D eigenvalue weighted by Crippen LogP contribution is 2.34. The monoisotopic (exact) mass is 397 g/mol. The standard InChI is InChI=1S/C21H27N5O3/c1-15-19(12-22-23-21(15)28)26-13-17-4-3-5-20(18(17)14-26)29-11-10-24-6-8-25(9-7-24)16(2)27/h3-5,12H,6-11,13-14H2,1-2H3,(H,23,28). The number of fused-ring (bicyclic) bond motifs is 1. The van der Waals surface area contributed by atoms with Crippen LogP contribution < -0.4 is 15.2 Å². The molecule has 0 spiro atoms. The number of carbonyl (C=O) groups excluding carboxylic acids is 1. The number of carbonyl (C=O) groups is 1. The molecule has 1 aromatic heterocycles. The minimum Gasteiger partial charge on any atom is -0.492 e. The summed E-state index contributed by atoms with van der Waals surface area (Å²) in [4.78, 5) is 29.7. The SMILES string of the molecule is CC(=O)N1CCN(CCOc2cccc3c2CN(c2cn[nH]c(=O)c2C)C3)CC1. The van der Waals surface area contributed by atoms with Crippen LogP contribution in [0.2, 0.25) is 0 Å². The molecule has 1 saturated heterocycles. The average Bonchev–Trinajstić information content (AvgIpc) is 3.15. The molecule has 0 atom stereocenters. The summed E-state index contributed by atoms with van der Waals surface area (Å²) in [7, 11) is 0. The van der Waals surface area contributed by atoms with Gasteiger partial charge in [0, 0.05) is 63.9 Å².